The molecule has 13 heavy (non-hydrogen) atoms. The zero-order valence-electron chi connectivity index (χ0n) is 7.20. The van der Waals surface area contributed by atoms with E-state index in [1.54, 1.807) is 11.3 Å². The number of nitrogens with two attached hydrogens (primary N) is 1. The highest BCUT2D eigenvalue weighted by Gasteiger charge is 2.29. The van der Waals surface area contributed by atoms with Gasteiger partial charge < -0.3 is 10.5 Å². The van der Waals surface area contributed by atoms with Crippen LogP contribution in [0.15, 0.2) is 11.4 Å². The average Bonchev–Trinajstić information content (AvgIpc) is 2.71. The van der Waals surface area contributed by atoms with Crippen LogP contribution in [-0.2, 0) is 4.74 Å². The summed E-state index contributed by atoms with van der Waals surface area (Å²) < 4.78 is 5.63. The highest BCUT2D eigenvalue weighted by atomic mass is 35.5. The summed E-state index contributed by atoms with van der Waals surface area (Å²) in [4.78, 5) is 1.21. The molecule has 0 radical (unpaired) electrons. The summed E-state index contributed by atoms with van der Waals surface area (Å²) in [6.07, 6.45) is 1.25. The number of hydrogen-bond donors (Lipinski definition) is 1. The maximum atomic E-state index is 5.85. The Morgan fingerprint density at radius 1 is 1.69 bits per heavy atom. The minimum Gasteiger partial charge on any atom is -0.372 e. The lowest BCUT2D eigenvalue weighted by atomic mass is 10.0. The normalized spacial score (nSPS) is 28.2. The number of ether oxygens (including phenoxy) is 1. The van der Waals surface area contributed by atoms with Crippen molar-refractivity contribution in [2.45, 2.75) is 12.5 Å². The molecule has 2 rings (SSSR count). The first kappa shape index (κ1) is 9.46. The summed E-state index contributed by atoms with van der Waals surface area (Å²) in [5.41, 5.74) is 5.66. The van der Waals surface area contributed by atoms with Gasteiger partial charge in [-0.3, -0.25) is 0 Å². The molecule has 0 bridgehead atoms. The predicted octanol–water partition coefficient (Wildman–Crippen LogP) is 2.44. The minimum atomic E-state index is 0.183. The van der Waals surface area contributed by atoms with Gasteiger partial charge in [-0.15, -0.1) is 11.3 Å². The molecule has 2 N–H and O–H groups in total. The molecule has 2 atom stereocenters. The molecule has 1 aliphatic heterocycles. The van der Waals surface area contributed by atoms with E-state index in [9.17, 15) is 0 Å². The summed E-state index contributed by atoms with van der Waals surface area (Å²) in [5, 5.41) is 2.73. The Morgan fingerprint density at radius 3 is 3.15 bits per heavy atom. The van der Waals surface area contributed by atoms with Crippen molar-refractivity contribution >= 4 is 22.9 Å². The fourth-order valence-corrected chi connectivity index (χ4v) is 2.89. The van der Waals surface area contributed by atoms with Gasteiger partial charge in [0.25, 0.3) is 0 Å². The van der Waals surface area contributed by atoms with Crippen LogP contribution in [-0.4, -0.2) is 13.2 Å². The van der Waals surface area contributed by atoms with Gasteiger partial charge in [0.05, 0.1) is 11.1 Å². The third-order valence-corrected chi connectivity index (χ3v) is 3.73. The van der Waals surface area contributed by atoms with Gasteiger partial charge in [0.1, 0.15) is 0 Å². The number of hydrogen-bond acceptors (Lipinski definition) is 3. The Labute approximate surface area is 86.6 Å². The summed E-state index contributed by atoms with van der Waals surface area (Å²) >= 11 is 7.51. The number of thiophene rings is 1. The second-order valence-electron chi connectivity index (χ2n) is 3.24. The topological polar surface area (TPSA) is 35.2 Å². The maximum Gasteiger partial charge on any atom is 0.0958 e. The Morgan fingerprint density at radius 2 is 2.54 bits per heavy atom. The molecular weight excluding hydrogens is 206 g/mol. The molecule has 2 unspecified atom stereocenters. The van der Waals surface area contributed by atoms with Gasteiger partial charge in [0, 0.05) is 22.8 Å². The van der Waals surface area contributed by atoms with E-state index < -0.39 is 0 Å². The molecule has 1 aromatic rings. The molecule has 1 aliphatic rings. The zero-order chi connectivity index (χ0) is 9.26. The molecule has 1 aromatic heterocycles. The molecule has 0 aliphatic carbocycles. The van der Waals surface area contributed by atoms with Crippen molar-refractivity contribution in [3.05, 3.63) is 21.3 Å². The molecule has 0 saturated carbocycles. The molecule has 1 saturated heterocycles. The van der Waals surface area contributed by atoms with Crippen molar-refractivity contribution < 1.29 is 4.74 Å². The monoisotopic (exact) mass is 217 g/mol. The highest BCUT2D eigenvalue weighted by molar-refractivity contribution is 7.10. The Balaban J connectivity index is 2.15. The predicted molar refractivity (Wildman–Crippen MR) is 55.2 cm³/mol. The highest BCUT2D eigenvalue weighted by Crippen LogP contribution is 2.37. The lowest BCUT2D eigenvalue weighted by Gasteiger charge is -2.14. The van der Waals surface area contributed by atoms with Crippen LogP contribution in [0.25, 0.3) is 0 Å². The van der Waals surface area contributed by atoms with Gasteiger partial charge in [-0.25, -0.2) is 0 Å². The molecule has 72 valence electrons. The van der Waals surface area contributed by atoms with E-state index >= 15 is 0 Å². The third kappa shape index (κ3) is 1.89. The largest absolute Gasteiger partial charge is 0.372 e. The van der Waals surface area contributed by atoms with Gasteiger partial charge in [0.15, 0.2) is 0 Å². The van der Waals surface area contributed by atoms with Crippen LogP contribution < -0.4 is 5.73 Å². The van der Waals surface area contributed by atoms with Crippen molar-refractivity contribution in [2.75, 3.05) is 13.2 Å². The van der Waals surface area contributed by atoms with E-state index in [0.29, 0.717) is 12.5 Å². The van der Waals surface area contributed by atoms with Crippen LogP contribution in [0.4, 0.5) is 0 Å². The lowest BCUT2D eigenvalue weighted by Crippen LogP contribution is -2.17. The van der Waals surface area contributed by atoms with Crippen LogP contribution in [0.1, 0.15) is 17.4 Å². The van der Waals surface area contributed by atoms with Crippen molar-refractivity contribution in [1.82, 2.24) is 0 Å². The molecule has 0 amide bonds. The van der Waals surface area contributed by atoms with Crippen LogP contribution in [0.3, 0.4) is 0 Å². The van der Waals surface area contributed by atoms with E-state index in [-0.39, 0.29) is 6.10 Å². The average molecular weight is 218 g/mol. The quantitative estimate of drug-likeness (QED) is 0.826. The van der Waals surface area contributed by atoms with Crippen LogP contribution in [0.5, 0.6) is 0 Å². The van der Waals surface area contributed by atoms with Crippen molar-refractivity contribution in [3.63, 3.8) is 0 Å². The lowest BCUT2D eigenvalue weighted by molar-refractivity contribution is 0.0953. The van der Waals surface area contributed by atoms with E-state index in [1.807, 2.05) is 11.4 Å². The number of halogens is 1. The molecule has 2 nitrogen and oxygen atoms in total. The first-order valence-corrected chi connectivity index (χ1v) is 5.62. The van der Waals surface area contributed by atoms with E-state index in [2.05, 4.69) is 0 Å². The molecule has 2 heterocycles. The molecule has 0 aromatic carbocycles. The Hall–Kier alpha value is -0.0900. The molecule has 4 heteroatoms. The van der Waals surface area contributed by atoms with Gasteiger partial charge in [-0.1, -0.05) is 11.6 Å². The van der Waals surface area contributed by atoms with E-state index in [0.717, 1.165) is 18.1 Å². The van der Waals surface area contributed by atoms with Crippen molar-refractivity contribution in [2.24, 2.45) is 11.7 Å². The first-order valence-electron chi connectivity index (χ1n) is 4.37. The Kier molecular flexibility index (Phi) is 2.89. The second-order valence-corrected chi connectivity index (χ2v) is 4.62. The standard InChI is InChI=1S/C9H12ClNOS/c10-7-3-8(13-5-7)9-6(4-11)1-2-12-9/h3,5-6,9H,1-2,4,11H2. The van der Waals surface area contributed by atoms with Crippen molar-refractivity contribution in [3.8, 4) is 0 Å². The Bertz CT molecular complexity index is 289. The van der Waals surface area contributed by atoms with Crippen molar-refractivity contribution in [1.29, 1.82) is 0 Å². The van der Waals surface area contributed by atoms with E-state index in [4.69, 9.17) is 22.1 Å². The van der Waals surface area contributed by atoms with Gasteiger partial charge in [0.2, 0.25) is 0 Å². The fourth-order valence-electron chi connectivity index (χ4n) is 1.67. The SMILES string of the molecule is NCC1CCOC1c1cc(Cl)cs1. The molecule has 1 fully saturated rings. The third-order valence-electron chi connectivity index (χ3n) is 2.39. The van der Waals surface area contributed by atoms with Crippen LogP contribution in [0, 0.1) is 5.92 Å². The first-order chi connectivity index (χ1) is 6.31. The second kappa shape index (κ2) is 3.96. The van der Waals surface area contributed by atoms with E-state index in [1.165, 1.54) is 4.88 Å². The summed E-state index contributed by atoms with van der Waals surface area (Å²) in [5.74, 6) is 0.467. The summed E-state index contributed by atoms with van der Waals surface area (Å²) in [7, 11) is 0. The fraction of sp³-hybridized carbons (Fsp3) is 0.556. The van der Waals surface area contributed by atoms with Gasteiger partial charge in [-0.05, 0) is 19.0 Å². The van der Waals surface area contributed by atoms with Crippen LogP contribution in [0.2, 0.25) is 5.02 Å². The van der Waals surface area contributed by atoms with Gasteiger partial charge in [-0.2, -0.15) is 0 Å². The van der Waals surface area contributed by atoms with Gasteiger partial charge >= 0.3 is 0 Å². The minimum absolute atomic E-state index is 0.183. The number of rotatable bonds is 2. The smallest absolute Gasteiger partial charge is 0.0958 e. The molecule has 0 spiro atoms. The maximum absolute atomic E-state index is 5.85. The zero-order valence-corrected chi connectivity index (χ0v) is 8.77. The van der Waals surface area contributed by atoms with Crippen LogP contribution >= 0.6 is 22.9 Å². The molecular formula is C9H12ClNOS. The summed E-state index contributed by atoms with van der Waals surface area (Å²) in [6.45, 7) is 1.52. The summed E-state index contributed by atoms with van der Waals surface area (Å²) in [6, 6.07) is 1.98.